The minimum absolute atomic E-state index is 0.0138. The molecule has 1 unspecified atom stereocenters. The zero-order chi connectivity index (χ0) is 12.0. The molecule has 4 nitrogen and oxygen atoms in total. The highest BCUT2D eigenvalue weighted by Gasteiger charge is 2.10. The van der Waals surface area contributed by atoms with Gasteiger partial charge in [0.05, 0.1) is 0 Å². The molecule has 0 spiro atoms. The standard InChI is InChI=1S/C11H16BrN3O/c1-14-11(16)6-10(7-13)15-9-4-2-8(12)3-5-9/h2-5,10,15H,6-7,13H2,1H3,(H,14,16). The summed E-state index contributed by atoms with van der Waals surface area (Å²) in [5, 5.41) is 5.80. The van der Waals surface area contributed by atoms with Gasteiger partial charge < -0.3 is 16.4 Å². The first-order valence-electron chi connectivity index (χ1n) is 5.08. The van der Waals surface area contributed by atoms with Gasteiger partial charge in [0, 0.05) is 36.2 Å². The molecule has 1 amide bonds. The number of anilines is 1. The lowest BCUT2D eigenvalue weighted by Crippen LogP contribution is -2.34. The number of carbonyl (C=O) groups excluding carboxylic acids is 1. The van der Waals surface area contributed by atoms with E-state index in [4.69, 9.17) is 5.73 Å². The van der Waals surface area contributed by atoms with Crippen LogP contribution >= 0.6 is 15.9 Å². The van der Waals surface area contributed by atoms with Gasteiger partial charge in [-0.2, -0.15) is 0 Å². The lowest BCUT2D eigenvalue weighted by molar-refractivity contribution is -0.120. The largest absolute Gasteiger partial charge is 0.381 e. The summed E-state index contributed by atoms with van der Waals surface area (Å²) in [5.74, 6) is -0.0138. The van der Waals surface area contributed by atoms with Gasteiger partial charge in [0.25, 0.3) is 0 Å². The van der Waals surface area contributed by atoms with E-state index < -0.39 is 0 Å². The maximum absolute atomic E-state index is 11.2. The predicted octanol–water partition coefficient (Wildman–Crippen LogP) is 1.32. The summed E-state index contributed by atoms with van der Waals surface area (Å²) in [6.07, 6.45) is 0.378. The molecule has 1 atom stereocenters. The molecule has 0 radical (unpaired) electrons. The molecule has 4 N–H and O–H groups in total. The number of rotatable bonds is 5. The molecule has 0 aliphatic heterocycles. The summed E-state index contributed by atoms with van der Waals surface area (Å²) in [6.45, 7) is 0.420. The van der Waals surface area contributed by atoms with Crippen LogP contribution in [0.3, 0.4) is 0 Å². The third-order valence-electron chi connectivity index (χ3n) is 2.21. The van der Waals surface area contributed by atoms with E-state index in [-0.39, 0.29) is 11.9 Å². The number of nitrogens with one attached hydrogen (secondary N) is 2. The fraction of sp³-hybridized carbons (Fsp3) is 0.364. The fourth-order valence-electron chi connectivity index (χ4n) is 1.30. The Morgan fingerprint density at radius 2 is 2.06 bits per heavy atom. The smallest absolute Gasteiger partial charge is 0.221 e. The number of amides is 1. The first-order chi connectivity index (χ1) is 7.65. The highest BCUT2D eigenvalue weighted by Crippen LogP contribution is 2.15. The lowest BCUT2D eigenvalue weighted by atomic mass is 10.2. The van der Waals surface area contributed by atoms with Crippen molar-refractivity contribution in [3.8, 4) is 0 Å². The third kappa shape index (κ3) is 4.20. The second-order valence-electron chi connectivity index (χ2n) is 3.46. The quantitative estimate of drug-likeness (QED) is 0.765. The molecular formula is C11H16BrN3O. The molecule has 0 aromatic heterocycles. The van der Waals surface area contributed by atoms with E-state index in [1.54, 1.807) is 7.05 Å². The average Bonchev–Trinajstić information content (AvgIpc) is 2.30. The van der Waals surface area contributed by atoms with Crippen molar-refractivity contribution in [3.05, 3.63) is 28.7 Å². The zero-order valence-electron chi connectivity index (χ0n) is 9.16. The SMILES string of the molecule is CNC(=O)CC(CN)Nc1ccc(Br)cc1. The maximum Gasteiger partial charge on any atom is 0.221 e. The number of halogens is 1. The first-order valence-corrected chi connectivity index (χ1v) is 5.87. The molecule has 5 heteroatoms. The van der Waals surface area contributed by atoms with Crippen LogP contribution in [0, 0.1) is 0 Å². The summed E-state index contributed by atoms with van der Waals surface area (Å²) >= 11 is 3.36. The maximum atomic E-state index is 11.2. The Morgan fingerprint density at radius 1 is 1.44 bits per heavy atom. The summed E-state index contributed by atoms with van der Waals surface area (Å²) < 4.78 is 1.02. The summed E-state index contributed by atoms with van der Waals surface area (Å²) in [7, 11) is 1.62. The van der Waals surface area contributed by atoms with Crippen LogP contribution in [0.5, 0.6) is 0 Å². The minimum atomic E-state index is -0.0406. The Bertz CT molecular complexity index is 340. The van der Waals surface area contributed by atoms with Crippen LogP contribution in [0.2, 0.25) is 0 Å². The Hall–Kier alpha value is -1.07. The highest BCUT2D eigenvalue weighted by atomic mass is 79.9. The van der Waals surface area contributed by atoms with Gasteiger partial charge in [0.2, 0.25) is 5.91 Å². The van der Waals surface area contributed by atoms with Crippen molar-refractivity contribution >= 4 is 27.5 Å². The first kappa shape index (κ1) is 13.0. The Labute approximate surface area is 104 Å². The number of hydrogen-bond acceptors (Lipinski definition) is 3. The lowest BCUT2D eigenvalue weighted by Gasteiger charge is -2.17. The molecule has 16 heavy (non-hydrogen) atoms. The summed E-state index contributed by atoms with van der Waals surface area (Å²) in [6, 6.07) is 7.72. The second kappa shape index (κ2) is 6.50. The fourth-order valence-corrected chi connectivity index (χ4v) is 1.57. The number of nitrogens with two attached hydrogens (primary N) is 1. The molecule has 1 rings (SSSR count). The van der Waals surface area contributed by atoms with Gasteiger partial charge in [-0.25, -0.2) is 0 Å². The van der Waals surface area contributed by atoms with Crippen LogP contribution in [0.4, 0.5) is 5.69 Å². The van der Waals surface area contributed by atoms with Crippen molar-refractivity contribution in [2.45, 2.75) is 12.5 Å². The van der Waals surface area contributed by atoms with Gasteiger partial charge in [-0.05, 0) is 24.3 Å². The Morgan fingerprint density at radius 3 is 2.56 bits per heavy atom. The van der Waals surface area contributed by atoms with Crippen LogP contribution in [0.1, 0.15) is 6.42 Å². The van der Waals surface area contributed by atoms with E-state index in [2.05, 4.69) is 26.6 Å². The van der Waals surface area contributed by atoms with Gasteiger partial charge in [-0.3, -0.25) is 4.79 Å². The van der Waals surface area contributed by atoms with Gasteiger partial charge in [-0.15, -0.1) is 0 Å². The molecule has 0 heterocycles. The molecule has 0 bridgehead atoms. The van der Waals surface area contributed by atoms with Crippen molar-refractivity contribution in [2.24, 2.45) is 5.73 Å². The monoisotopic (exact) mass is 285 g/mol. The van der Waals surface area contributed by atoms with E-state index >= 15 is 0 Å². The molecule has 1 aromatic rings. The molecule has 88 valence electrons. The van der Waals surface area contributed by atoms with E-state index in [0.717, 1.165) is 10.2 Å². The van der Waals surface area contributed by atoms with Crippen LogP contribution < -0.4 is 16.4 Å². The van der Waals surface area contributed by atoms with Crippen molar-refractivity contribution < 1.29 is 4.79 Å². The van der Waals surface area contributed by atoms with E-state index in [9.17, 15) is 4.79 Å². The van der Waals surface area contributed by atoms with Crippen LogP contribution in [0.25, 0.3) is 0 Å². The van der Waals surface area contributed by atoms with Gasteiger partial charge >= 0.3 is 0 Å². The highest BCUT2D eigenvalue weighted by molar-refractivity contribution is 9.10. The summed E-state index contributed by atoms with van der Waals surface area (Å²) in [4.78, 5) is 11.2. The van der Waals surface area contributed by atoms with Crippen LogP contribution in [0.15, 0.2) is 28.7 Å². The van der Waals surface area contributed by atoms with E-state index in [1.807, 2.05) is 24.3 Å². The average molecular weight is 286 g/mol. The van der Waals surface area contributed by atoms with Gasteiger partial charge in [0.15, 0.2) is 0 Å². The molecule has 0 aliphatic rings. The van der Waals surface area contributed by atoms with Crippen LogP contribution in [-0.2, 0) is 4.79 Å². The molecular weight excluding hydrogens is 270 g/mol. The molecule has 0 fully saturated rings. The normalized spacial score (nSPS) is 11.9. The summed E-state index contributed by atoms with van der Waals surface area (Å²) in [5.41, 5.74) is 6.56. The van der Waals surface area contributed by atoms with E-state index in [1.165, 1.54) is 0 Å². The number of hydrogen-bond donors (Lipinski definition) is 3. The molecule has 1 aromatic carbocycles. The van der Waals surface area contributed by atoms with Gasteiger partial charge in [-0.1, -0.05) is 15.9 Å². The zero-order valence-corrected chi connectivity index (χ0v) is 10.8. The van der Waals surface area contributed by atoms with Crippen LogP contribution in [-0.4, -0.2) is 25.5 Å². The minimum Gasteiger partial charge on any atom is -0.381 e. The third-order valence-corrected chi connectivity index (χ3v) is 2.74. The Kier molecular flexibility index (Phi) is 5.28. The van der Waals surface area contributed by atoms with Gasteiger partial charge in [0.1, 0.15) is 0 Å². The van der Waals surface area contributed by atoms with Crippen molar-refractivity contribution in [1.29, 1.82) is 0 Å². The number of carbonyl (C=O) groups is 1. The topological polar surface area (TPSA) is 67.2 Å². The molecule has 0 saturated heterocycles. The van der Waals surface area contributed by atoms with Crippen molar-refractivity contribution in [2.75, 3.05) is 18.9 Å². The second-order valence-corrected chi connectivity index (χ2v) is 4.38. The molecule has 0 saturated carbocycles. The molecule has 0 aliphatic carbocycles. The van der Waals surface area contributed by atoms with E-state index in [0.29, 0.717) is 13.0 Å². The number of benzene rings is 1. The van der Waals surface area contributed by atoms with Crippen molar-refractivity contribution in [3.63, 3.8) is 0 Å². The predicted molar refractivity (Wildman–Crippen MR) is 69.3 cm³/mol. The van der Waals surface area contributed by atoms with Crippen molar-refractivity contribution in [1.82, 2.24) is 5.32 Å². The Balaban J connectivity index is 2.56.